The van der Waals surface area contributed by atoms with Gasteiger partial charge in [-0.3, -0.25) is 4.79 Å². The van der Waals surface area contributed by atoms with Crippen LogP contribution in [-0.4, -0.2) is 29.8 Å². The van der Waals surface area contributed by atoms with Gasteiger partial charge in [0.15, 0.2) is 5.78 Å². The molecule has 0 bridgehead atoms. The first kappa shape index (κ1) is 14.2. The van der Waals surface area contributed by atoms with Crippen molar-refractivity contribution >= 4 is 5.78 Å². The van der Waals surface area contributed by atoms with Crippen LogP contribution < -0.4 is 0 Å². The van der Waals surface area contributed by atoms with Crippen molar-refractivity contribution < 1.29 is 9.18 Å². The zero-order chi connectivity index (χ0) is 13.8. The van der Waals surface area contributed by atoms with Crippen LogP contribution in [0.2, 0.25) is 0 Å². The number of nitrogens with zero attached hydrogens (tertiary/aromatic N) is 1. The van der Waals surface area contributed by atoms with Gasteiger partial charge in [0.05, 0.1) is 0 Å². The molecule has 0 unspecified atom stereocenters. The molecule has 1 heterocycles. The van der Waals surface area contributed by atoms with E-state index >= 15 is 0 Å². The molecule has 0 aromatic heterocycles. The lowest BCUT2D eigenvalue weighted by Gasteiger charge is -2.35. The largest absolute Gasteiger partial charge is 0.301 e. The van der Waals surface area contributed by atoms with E-state index in [9.17, 15) is 9.18 Å². The molecular weight excluding hydrogens is 241 g/mol. The molecule has 1 aliphatic heterocycles. The Hall–Kier alpha value is -1.22. The number of carbonyl (C=O) groups is 1. The molecule has 1 fully saturated rings. The van der Waals surface area contributed by atoms with E-state index in [-0.39, 0.29) is 11.6 Å². The van der Waals surface area contributed by atoms with Gasteiger partial charge in [-0.2, -0.15) is 0 Å². The number of Topliss-reactive ketones (excluding diaryl/α,β-unsaturated/α-hetero) is 1. The smallest absolute Gasteiger partial charge is 0.163 e. The van der Waals surface area contributed by atoms with Gasteiger partial charge < -0.3 is 4.90 Å². The second-order valence-corrected chi connectivity index (χ2v) is 5.73. The Morgan fingerprint density at radius 1 is 1.37 bits per heavy atom. The number of ketones is 1. The van der Waals surface area contributed by atoms with E-state index in [2.05, 4.69) is 18.7 Å². The fourth-order valence-corrected chi connectivity index (χ4v) is 2.75. The van der Waals surface area contributed by atoms with Crippen LogP contribution in [0.4, 0.5) is 4.39 Å². The van der Waals surface area contributed by atoms with Crippen LogP contribution in [0.3, 0.4) is 0 Å². The van der Waals surface area contributed by atoms with Crippen LogP contribution >= 0.6 is 0 Å². The highest BCUT2D eigenvalue weighted by atomic mass is 19.1. The van der Waals surface area contributed by atoms with Crippen LogP contribution in [0.25, 0.3) is 0 Å². The summed E-state index contributed by atoms with van der Waals surface area (Å²) in [6.45, 7) is 6.54. The van der Waals surface area contributed by atoms with Gasteiger partial charge in [0.2, 0.25) is 0 Å². The molecule has 0 spiro atoms. The number of carbonyl (C=O) groups excluding carboxylic acids is 1. The highest BCUT2D eigenvalue weighted by molar-refractivity contribution is 5.96. The summed E-state index contributed by atoms with van der Waals surface area (Å²) in [6, 6.07) is 6.42. The number of benzene rings is 1. The molecule has 3 heteroatoms. The lowest BCUT2D eigenvalue weighted by atomic mass is 9.90. The minimum atomic E-state index is -0.291. The lowest BCUT2D eigenvalue weighted by Crippen LogP contribution is -2.40. The van der Waals surface area contributed by atoms with E-state index in [4.69, 9.17) is 0 Å². The molecule has 0 N–H and O–H groups in total. The second-order valence-electron chi connectivity index (χ2n) is 5.73. The Kier molecular flexibility index (Phi) is 4.70. The molecule has 1 atom stereocenters. The average Bonchev–Trinajstić information content (AvgIpc) is 2.39. The molecule has 0 aliphatic carbocycles. The van der Waals surface area contributed by atoms with Crippen LogP contribution in [0.1, 0.15) is 43.5 Å². The van der Waals surface area contributed by atoms with E-state index in [1.54, 1.807) is 12.1 Å². The van der Waals surface area contributed by atoms with E-state index in [0.717, 1.165) is 19.5 Å². The molecule has 2 rings (SSSR count). The van der Waals surface area contributed by atoms with Crippen LogP contribution in [-0.2, 0) is 0 Å². The predicted octanol–water partition coefficient (Wildman–Crippen LogP) is 3.52. The third-order valence-corrected chi connectivity index (χ3v) is 3.92. The molecule has 104 valence electrons. The van der Waals surface area contributed by atoms with Gasteiger partial charge in [-0.1, -0.05) is 0 Å². The van der Waals surface area contributed by atoms with E-state index in [0.29, 0.717) is 23.9 Å². The zero-order valence-corrected chi connectivity index (χ0v) is 11.7. The summed E-state index contributed by atoms with van der Waals surface area (Å²) in [6.07, 6.45) is 2.87. The third-order valence-electron chi connectivity index (χ3n) is 3.92. The minimum absolute atomic E-state index is 0.135. The topological polar surface area (TPSA) is 20.3 Å². The lowest BCUT2D eigenvalue weighted by molar-refractivity contribution is 0.0890. The van der Waals surface area contributed by atoms with Gasteiger partial charge in [-0.15, -0.1) is 0 Å². The fraction of sp³-hybridized carbons (Fsp3) is 0.562. The normalized spacial score (nSPS) is 20.7. The minimum Gasteiger partial charge on any atom is -0.301 e. The quantitative estimate of drug-likeness (QED) is 0.775. The first-order valence-electron chi connectivity index (χ1n) is 7.09. The van der Waals surface area contributed by atoms with Crippen molar-refractivity contribution in [2.24, 2.45) is 5.92 Å². The highest BCUT2D eigenvalue weighted by Gasteiger charge is 2.23. The van der Waals surface area contributed by atoms with Crippen molar-refractivity contribution in [2.75, 3.05) is 13.1 Å². The molecule has 0 radical (unpaired) electrons. The van der Waals surface area contributed by atoms with Gasteiger partial charge in [0.25, 0.3) is 0 Å². The SMILES string of the molecule is CC(C)N1CCC[C@@H](CC(=O)c2ccc(F)cc2)C1. The molecule has 0 saturated carbocycles. The van der Waals surface area contributed by atoms with Gasteiger partial charge in [0.1, 0.15) is 5.82 Å². The summed E-state index contributed by atoms with van der Waals surface area (Å²) in [5.41, 5.74) is 0.628. The molecule has 1 saturated heterocycles. The first-order chi connectivity index (χ1) is 9.06. The van der Waals surface area contributed by atoms with Crippen molar-refractivity contribution in [1.82, 2.24) is 4.90 Å². The van der Waals surface area contributed by atoms with Crippen molar-refractivity contribution in [3.8, 4) is 0 Å². The van der Waals surface area contributed by atoms with Crippen molar-refractivity contribution in [1.29, 1.82) is 0 Å². The summed E-state index contributed by atoms with van der Waals surface area (Å²) in [7, 11) is 0. The summed E-state index contributed by atoms with van der Waals surface area (Å²) in [4.78, 5) is 14.6. The number of likely N-dealkylation sites (tertiary alicyclic amines) is 1. The fourth-order valence-electron chi connectivity index (χ4n) is 2.75. The monoisotopic (exact) mass is 263 g/mol. The number of hydrogen-bond acceptors (Lipinski definition) is 2. The Morgan fingerprint density at radius 3 is 2.68 bits per heavy atom. The summed E-state index contributed by atoms with van der Waals surface area (Å²) >= 11 is 0. The summed E-state index contributed by atoms with van der Waals surface area (Å²) < 4.78 is 12.8. The maximum Gasteiger partial charge on any atom is 0.163 e. The van der Waals surface area contributed by atoms with E-state index in [1.807, 2.05) is 0 Å². The maximum absolute atomic E-state index is 12.8. The molecule has 0 amide bonds. The maximum atomic E-state index is 12.8. The molecule has 1 aromatic carbocycles. The van der Waals surface area contributed by atoms with Crippen LogP contribution in [0.5, 0.6) is 0 Å². The molecule has 1 aromatic rings. The number of rotatable bonds is 4. The molecule has 2 nitrogen and oxygen atoms in total. The van der Waals surface area contributed by atoms with Crippen molar-refractivity contribution in [2.45, 2.75) is 39.2 Å². The first-order valence-corrected chi connectivity index (χ1v) is 7.09. The summed E-state index contributed by atoms with van der Waals surface area (Å²) in [5, 5.41) is 0. The number of piperidine rings is 1. The van der Waals surface area contributed by atoms with Crippen molar-refractivity contribution in [3.05, 3.63) is 35.6 Å². The van der Waals surface area contributed by atoms with Crippen LogP contribution in [0, 0.1) is 11.7 Å². The Balaban J connectivity index is 1.93. The second kappa shape index (κ2) is 6.29. The Morgan fingerprint density at radius 2 is 2.05 bits per heavy atom. The van der Waals surface area contributed by atoms with E-state index in [1.165, 1.54) is 18.6 Å². The molecule has 19 heavy (non-hydrogen) atoms. The van der Waals surface area contributed by atoms with Crippen molar-refractivity contribution in [3.63, 3.8) is 0 Å². The Labute approximate surface area is 114 Å². The average molecular weight is 263 g/mol. The number of hydrogen-bond donors (Lipinski definition) is 0. The van der Waals surface area contributed by atoms with Gasteiger partial charge in [0, 0.05) is 24.6 Å². The Bertz CT molecular complexity index is 427. The van der Waals surface area contributed by atoms with Crippen LogP contribution in [0.15, 0.2) is 24.3 Å². The predicted molar refractivity (Wildman–Crippen MR) is 74.8 cm³/mol. The molecular formula is C16H22FNO. The molecule has 1 aliphatic rings. The third kappa shape index (κ3) is 3.87. The summed E-state index contributed by atoms with van der Waals surface area (Å²) in [5.74, 6) is 0.282. The van der Waals surface area contributed by atoms with Gasteiger partial charge >= 0.3 is 0 Å². The van der Waals surface area contributed by atoms with E-state index < -0.39 is 0 Å². The van der Waals surface area contributed by atoms with Gasteiger partial charge in [-0.25, -0.2) is 4.39 Å². The van der Waals surface area contributed by atoms with Gasteiger partial charge in [-0.05, 0) is 63.4 Å². The number of halogens is 1. The highest BCUT2D eigenvalue weighted by Crippen LogP contribution is 2.23. The standard InChI is InChI=1S/C16H22FNO/c1-12(2)18-9-3-4-13(11-18)10-16(19)14-5-7-15(17)8-6-14/h5-8,12-13H,3-4,9-11H2,1-2H3/t13-/m0/s1. The zero-order valence-electron chi connectivity index (χ0n) is 11.7.